The van der Waals surface area contributed by atoms with E-state index in [1.54, 1.807) is 24.4 Å². The van der Waals surface area contributed by atoms with Crippen molar-refractivity contribution in [2.75, 3.05) is 13.1 Å². The summed E-state index contributed by atoms with van der Waals surface area (Å²) in [5.41, 5.74) is 5.85. The van der Waals surface area contributed by atoms with Crippen molar-refractivity contribution >= 4 is 29.3 Å². The van der Waals surface area contributed by atoms with Crippen molar-refractivity contribution in [3.63, 3.8) is 0 Å². The summed E-state index contributed by atoms with van der Waals surface area (Å²) in [7, 11) is 0. The molecule has 3 rings (SSSR count). The Morgan fingerprint density at radius 1 is 1.37 bits per heavy atom. The summed E-state index contributed by atoms with van der Waals surface area (Å²) in [4.78, 5) is 20.8. The Labute approximate surface area is 160 Å². The normalized spacial score (nSPS) is 24.1. The number of hydrogen-bond donors (Lipinski definition) is 3. The average Bonchev–Trinajstić information content (AvgIpc) is 2.59. The minimum atomic E-state index is -4.81. The zero-order valence-corrected chi connectivity index (χ0v) is 15.4. The molecule has 1 aromatic carbocycles. The Morgan fingerprint density at radius 3 is 2.74 bits per heavy atom. The van der Waals surface area contributed by atoms with Crippen molar-refractivity contribution < 1.29 is 18.0 Å². The van der Waals surface area contributed by atoms with Gasteiger partial charge in [0.2, 0.25) is 5.91 Å². The quantitative estimate of drug-likeness (QED) is 0.727. The number of nitrogens with two attached hydrogens (primary N) is 1. The van der Waals surface area contributed by atoms with Gasteiger partial charge in [-0.25, -0.2) is 0 Å². The first kappa shape index (κ1) is 21.3. The molecule has 1 amide bonds. The molecular formula is C17H21ClF3N5O. The summed E-state index contributed by atoms with van der Waals surface area (Å²) in [5, 5.41) is 5.75. The third-order valence-electron chi connectivity index (χ3n) is 4.63. The molecule has 0 unspecified atom stereocenters. The van der Waals surface area contributed by atoms with Crippen molar-refractivity contribution in [2.24, 2.45) is 11.7 Å². The van der Waals surface area contributed by atoms with Crippen molar-refractivity contribution in [3.05, 3.63) is 36.2 Å². The Kier molecular flexibility index (Phi) is 6.28. The summed E-state index contributed by atoms with van der Waals surface area (Å²) in [5.74, 6) is -1.12. The van der Waals surface area contributed by atoms with Gasteiger partial charge in [-0.2, -0.15) is 13.2 Å². The van der Waals surface area contributed by atoms with Gasteiger partial charge in [0.05, 0.1) is 16.6 Å². The van der Waals surface area contributed by atoms with Crippen LogP contribution in [0.1, 0.15) is 18.9 Å². The summed E-state index contributed by atoms with van der Waals surface area (Å²) < 4.78 is 38.7. The fourth-order valence-electron chi connectivity index (χ4n) is 3.48. The van der Waals surface area contributed by atoms with E-state index in [4.69, 9.17) is 5.73 Å². The number of piperidine rings is 1. The van der Waals surface area contributed by atoms with Gasteiger partial charge in [-0.15, -0.1) is 12.4 Å². The second kappa shape index (κ2) is 7.95. The van der Waals surface area contributed by atoms with Crippen LogP contribution in [0.3, 0.4) is 0 Å². The van der Waals surface area contributed by atoms with Crippen molar-refractivity contribution in [2.45, 2.75) is 31.1 Å². The fraction of sp³-hybridized carbons (Fsp3) is 0.471. The molecule has 2 heterocycles. The predicted octanol–water partition coefficient (Wildman–Crippen LogP) is 1.88. The minimum absolute atomic E-state index is 0. The van der Waals surface area contributed by atoms with E-state index in [9.17, 15) is 18.0 Å². The molecule has 6 nitrogen and oxygen atoms in total. The monoisotopic (exact) mass is 403 g/mol. The lowest BCUT2D eigenvalue weighted by Gasteiger charge is -2.42. The first-order valence-corrected chi connectivity index (χ1v) is 8.28. The molecule has 1 aromatic heterocycles. The largest absolute Gasteiger partial charge is 0.412 e. The Bertz CT molecular complexity index is 813. The molecule has 1 saturated heterocycles. The number of amides is 1. The molecule has 1 aliphatic heterocycles. The number of alkyl halides is 3. The van der Waals surface area contributed by atoms with Crippen LogP contribution >= 0.6 is 12.4 Å². The number of halogens is 4. The van der Waals surface area contributed by atoms with Gasteiger partial charge in [-0.3, -0.25) is 14.8 Å². The maximum absolute atomic E-state index is 12.9. The SMILES string of the molecule is C[C@@H]1CNC[C@](NC(=O)[C@@H](N)C(F)(F)F)(c2cccc3nccnc23)C1.Cl. The van der Waals surface area contributed by atoms with E-state index in [0.717, 1.165) is 0 Å². The first-order chi connectivity index (χ1) is 12.2. The summed E-state index contributed by atoms with van der Waals surface area (Å²) in [6, 6.07) is 2.69. The van der Waals surface area contributed by atoms with Crippen molar-refractivity contribution in [1.82, 2.24) is 20.6 Å². The van der Waals surface area contributed by atoms with E-state index >= 15 is 0 Å². The number of hydrogen-bond acceptors (Lipinski definition) is 5. The number of para-hydroxylation sites is 1. The highest BCUT2D eigenvalue weighted by Gasteiger charge is 2.46. The zero-order valence-electron chi connectivity index (χ0n) is 14.6. The Morgan fingerprint density at radius 2 is 2.07 bits per heavy atom. The van der Waals surface area contributed by atoms with Crippen LogP contribution < -0.4 is 16.4 Å². The lowest BCUT2D eigenvalue weighted by Crippen LogP contribution is -2.62. The number of carbonyl (C=O) groups excluding carboxylic acids is 1. The van der Waals surface area contributed by atoms with Gasteiger partial charge in [0, 0.05) is 24.5 Å². The smallest absolute Gasteiger partial charge is 0.344 e. The van der Waals surface area contributed by atoms with Crippen LogP contribution in [0.15, 0.2) is 30.6 Å². The second-order valence-corrected chi connectivity index (χ2v) is 6.76. The highest BCUT2D eigenvalue weighted by molar-refractivity contribution is 5.86. The van der Waals surface area contributed by atoms with E-state index < -0.39 is 23.7 Å². The average molecular weight is 404 g/mol. The molecule has 148 valence electrons. The highest BCUT2D eigenvalue weighted by Crippen LogP contribution is 2.35. The van der Waals surface area contributed by atoms with Crippen LogP contribution in [0.25, 0.3) is 11.0 Å². The molecule has 0 saturated carbocycles. The third-order valence-corrected chi connectivity index (χ3v) is 4.63. The van der Waals surface area contributed by atoms with Crippen LogP contribution in [-0.2, 0) is 10.3 Å². The molecule has 0 spiro atoms. The summed E-state index contributed by atoms with van der Waals surface area (Å²) in [6.07, 6.45) is -1.29. The van der Waals surface area contributed by atoms with Gasteiger partial charge >= 0.3 is 6.18 Å². The van der Waals surface area contributed by atoms with Crippen LogP contribution in [0.5, 0.6) is 0 Å². The third kappa shape index (κ3) is 4.31. The van der Waals surface area contributed by atoms with Gasteiger partial charge in [-0.1, -0.05) is 19.1 Å². The summed E-state index contributed by atoms with van der Waals surface area (Å²) in [6.45, 7) is 2.95. The zero-order chi connectivity index (χ0) is 18.9. The van der Waals surface area contributed by atoms with Crippen LogP contribution in [0, 0.1) is 5.92 Å². The van der Waals surface area contributed by atoms with E-state index in [1.165, 1.54) is 6.20 Å². The van der Waals surface area contributed by atoms with Gasteiger partial charge in [-0.05, 0) is 24.9 Å². The molecule has 0 bridgehead atoms. The van der Waals surface area contributed by atoms with Crippen LogP contribution in [0.4, 0.5) is 13.2 Å². The Balaban J connectivity index is 0.00000261. The van der Waals surface area contributed by atoms with Gasteiger partial charge in [0.25, 0.3) is 0 Å². The maximum atomic E-state index is 12.9. The Hall–Kier alpha value is -1.97. The maximum Gasteiger partial charge on any atom is 0.412 e. The predicted molar refractivity (Wildman–Crippen MR) is 97.3 cm³/mol. The molecule has 1 fully saturated rings. The number of carbonyl (C=O) groups is 1. The van der Waals surface area contributed by atoms with E-state index in [2.05, 4.69) is 20.6 Å². The van der Waals surface area contributed by atoms with Crippen LogP contribution in [0.2, 0.25) is 0 Å². The molecule has 0 radical (unpaired) electrons. The molecule has 0 aliphatic carbocycles. The fourth-order valence-corrected chi connectivity index (χ4v) is 3.48. The number of rotatable bonds is 3. The minimum Gasteiger partial charge on any atom is -0.344 e. The number of nitrogens with zero attached hydrogens (tertiary/aromatic N) is 2. The standard InChI is InChI=1S/C17H20F3N5O.ClH/c1-10-7-16(9-22-8-10,25-15(26)14(21)17(18,19)20)11-3-2-4-12-13(11)24-6-5-23-12;/h2-6,10,14,22H,7-9,21H2,1H3,(H,25,26);1H/t10-,14+,16-;/m0./s1. The molecule has 3 atom stereocenters. The van der Waals surface area contributed by atoms with Gasteiger partial charge in [0.15, 0.2) is 6.04 Å². The summed E-state index contributed by atoms with van der Waals surface area (Å²) >= 11 is 0. The number of benzene rings is 1. The molecule has 27 heavy (non-hydrogen) atoms. The van der Waals surface area contributed by atoms with E-state index in [-0.39, 0.29) is 24.9 Å². The van der Waals surface area contributed by atoms with Gasteiger partial charge in [0.1, 0.15) is 0 Å². The molecule has 10 heteroatoms. The lowest BCUT2D eigenvalue weighted by molar-refractivity contribution is -0.164. The van der Waals surface area contributed by atoms with Gasteiger partial charge < -0.3 is 16.4 Å². The second-order valence-electron chi connectivity index (χ2n) is 6.76. The number of nitrogens with one attached hydrogen (secondary N) is 2. The first-order valence-electron chi connectivity index (χ1n) is 8.28. The lowest BCUT2D eigenvalue weighted by atomic mass is 9.78. The molecule has 1 aliphatic rings. The van der Waals surface area contributed by atoms with Crippen LogP contribution in [-0.4, -0.2) is 41.2 Å². The molecule has 4 N–H and O–H groups in total. The molecule has 2 aromatic rings. The highest BCUT2D eigenvalue weighted by atomic mass is 35.5. The molecular weight excluding hydrogens is 383 g/mol. The number of fused-ring (bicyclic) bond motifs is 1. The van der Waals surface area contributed by atoms with Crippen molar-refractivity contribution in [3.8, 4) is 0 Å². The van der Waals surface area contributed by atoms with Crippen molar-refractivity contribution in [1.29, 1.82) is 0 Å². The number of aromatic nitrogens is 2. The van der Waals surface area contributed by atoms with E-state index in [1.807, 2.05) is 6.92 Å². The van der Waals surface area contributed by atoms with E-state index in [0.29, 0.717) is 29.6 Å². The topological polar surface area (TPSA) is 92.9 Å².